The van der Waals surface area contributed by atoms with Gasteiger partial charge in [-0.05, 0) is 31.2 Å². The molecule has 2 unspecified atom stereocenters. The van der Waals surface area contributed by atoms with Gasteiger partial charge in [0.05, 0.1) is 0 Å². The molecule has 0 bridgehead atoms. The number of rotatable bonds is 7. The van der Waals surface area contributed by atoms with E-state index in [0.717, 1.165) is 24.4 Å². The number of hydrogen-bond acceptors (Lipinski definition) is 1. The lowest BCUT2D eigenvalue weighted by atomic mass is 9.78. The monoisotopic (exact) mass is 197 g/mol. The zero-order valence-electron chi connectivity index (χ0n) is 10.2. The van der Waals surface area contributed by atoms with Gasteiger partial charge in [-0.25, -0.2) is 0 Å². The van der Waals surface area contributed by atoms with Gasteiger partial charge in [0.15, 0.2) is 0 Å². The van der Waals surface area contributed by atoms with E-state index in [-0.39, 0.29) is 0 Å². The van der Waals surface area contributed by atoms with Crippen molar-refractivity contribution < 1.29 is 0 Å². The molecule has 1 saturated carbocycles. The van der Waals surface area contributed by atoms with Crippen molar-refractivity contribution in [2.45, 2.75) is 65.3 Å². The molecular formula is C13H27N. The van der Waals surface area contributed by atoms with Crippen LogP contribution in [0.25, 0.3) is 0 Å². The first-order valence-electron chi connectivity index (χ1n) is 6.51. The van der Waals surface area contributed by atoms with Crippen LogP contribution in [0.3, 0.4) is 0 Å². The second-order valence-corrected chi connectivity index (χ2v) is 4.96. The Balaban J connectivity index is 2.28. The van der Waals surface area contributed by atoms with Crippen molar-refractivity contribution in [2.75, 3.05) is 6.54 Å². The van der Waals surface area contributed by atoms with Gasteiger partial charge in [-0.3, -0.25) is 0 Å². The molecule has 0 radical (unpaired) electrons. The normalized spacial score (nSPS) is 21.6. The summed E-state index contributed by atoms with van der Waals surface area (Å²) < 4.78 is 0. The van der Waals surface area contributed by atoms with Crippen molar-refractivity contribution in [3.8, 4) is 0 Å². The molecule has 1 N–H and O–H groups in total. The predicted molar refractivity (Wildman–Crippen MR) is 63.5 cm³/mol. The molecule has 0 amide bonds. The van der Waals surface area contributed by atoms with Gasteiger partial charge >= 0.3 is 0 Å². The third kappa shape index (κ3) is 3.61. The summed E-state index contributed by atoms with van der Waals surface area (Å²) in [6.07, 6.45) is 8.58. The predicted octanol–water partition coefficient (Wildman–Crippen LogP) is 3.59. The van der Waals surface area contributed by atoms with Gasteiger partial charge in [-0.2, -0.15) is 0 Å². The van der Waals surface area contributed by atoms with Gasteiger partial charge < -0.3 is 5.32 Å². The number of hydrogen-bond donors (Lipinski definition) is 1. The Kier molecular flexibility index (Phi) is 5.54. The summed E-state index contributed by atoms with van der Waals surface area (Å²) in [6.45, 7) is 8.07. The average molecular weight is 197 g/mol. The molecule has 0 aliphatic heterocycles. The van der Waals surface area contributed by atoms with Crippen LogP contribution in [0, 0.1) is 11.8 Å². The van der Waals surface area contributed by atoms with Crippen LogP contribution in [0.1, 0.15) is 59.3 Å². The summed E-state index contributed by atoms with van der Waals surface area (Å²) in [6, 6.07) is 0.783. The Bertz CT molecular complexity index is 140. The number of nitrogens with one attached hydrogen (secondary N) is 1. The molecule has 0 aromatic carbocycles. The van der Waals surface area contributed by atoms with E-state index < -0.39 is 0 Å². The zero-order chi connectivity index (χ0) is 10.4. The molecule has 1 aliphatic rings. The molecule has 1 rings (SSSR count). The highest BCUT2D eigenvalue weighted by atomic mass is 14.9. The second kappa shape index (κ2) is 6.44. The summed E-state index contributed by atoms with van der Waals surface area (Å²) in [7, 11) is 0. The first kappa shape index (κ1) is 12.0. The fourth-order valence-electron chi connectivity index (χ4n) is 2.52. The minimum Gasteiger partial charge on any atom is -0.314 e. The van der Waals surface area contributed by atoms with Crippen LogP contribution in [-0.2, 0) is 0 Å². The van der Waals surface area contributed by atoms with Crippen LogP contribution in [0.15, 0.2) is 0 Å². The van der Waals surface area contributed by atoms with E-state index >= 15 is 0 Å². The highest BCUT2D eigenvalue weighted by Gasteiger charge is 2.24. The summed E-state index contributed by atoms with van der Waals surface area (Å²) >= 11 is 0. The molecule has 0 aromatic heterocycles. The Hall–Kier alpha value is -0.0400. The highest BCUT2D eigenvalue weighted by Crippen LogP contribution is 2.32. The van der Waals surface area contributed by atoms with Crippen molar-refractivity contribution in [3.05, 3.63) is 0 Å². The van der Waals surface area contributed by atoms with Gasteiger partial charge in [-0.15, -0.1) is 0 Å². The Morgan fingerprint density at radius 3 is 2.43 bits per heavy atom. The van der Waals surface area contributed by atoms with Gasteiger partial charge in [0.1, 0.15) is 0 Å². The van der Waals surface area contributed by atoms with E-state index in [4.69, 9.17) is 0 Å². The van der Waals surface area contributed by atoms with Crippen molar-refractivity contribution in [1.82, 2.24) is 5.32 Å². The van der Waals surface area contributed by atoms with E-state index in [1.54, 1.807) is 0 Å². The fraction of sp³-hybridized carbons (Fsp3) is 1.00. The van der Waals surface area contributed by atoms with Crippen molar-refractivity contribution in [1.29, 1.82) is 0 Å². The standard InChI is InChI=1S/C13H27N/c1-4-7-11(3)13(14-5-2)10-12-8-6-9-12/h11-14H,4-10H2,1-3H3. The second-order valence-electron chi connectivity index (χ2n) is 4.96. The Morgan fingerprint density at radius 1 is 1.29 bits per heavy atom. The van der Waals surface area contributed by atoms with Gasteiger partial charge in [-0.1, -0.05) is 46.5 Å². The molecule has 0 heterocycles. The van der Waals surface area contributed by atoms with Gasteiger partial charge in [0.25, 0.3) is 0 Å². The maximum atomic E-state index is 3.67. The summed E-state index contributed by atoms with van der Waals surface area (Å²) in [5.41, 5.74) is 0. The van der Waals surface area contributed by atoms with Gasteiger partial charge in [0.2, 0.25) is 0 Å². The molecule has 14 heavy (non-hydrogen) atoms. The van der Waals surface area contributed by atoms with Crippen LogP contribution in [0.5, 0.6) is 0 Å². The molecule has 0 spiro atoms. The molecule has 2 atom stereocenters. The summed E-state index contributed by atoms with van der Waals surface area (Å²) in [5, 5.41) is 3.67. The van der Waals surface area contributed by atoms with E-state index in [2.05, 4.69) is 26.1 Å². The Labute approximate surface area is 89.7 Å². The van der Waals surface area contributed by atoms with E-state index in [0.29, 0.717) is 0 Å². The van der Waals surface area contributed by atoms with Gasteiger partial charge in [0, 0.05) is 6.04 Å². The third-order valence-corrected chi connectivity index (χ3v) is 3.71. The molecule has 1 nitrogen and oxygen atoms in total. The fourth-order valence-corrected chi connectivity index (χ4v) is 2.52. The lowest BCUT2D eigenvalue weighted by Crippen LogP contribution is -2.37. The SMILES string of the molecule is CCCC(C)C(CC1CCC1)NCC. The topological polar surface area (TPSA) is 12.0 Å². The summed E-state index contributed by atoms with van der Waals surface area (Å²) in [5.74, 6) is 1.90. The van der Waals surface area contributed by atoms with Crippen LogP contribution in [0.4, 0.5) is 0 Å². The van der Waals surface area contributed by atoms with Crippen LogP contribution >= 0.6 is 0 Å². The maximum absolute atomic E-state index is 3.67. The molecule has 1 heteroatoms. The largest absolute Gasteiger partial charge is 0.314 e. The molecule has 1 fully saturated rings. The molecule has 84 valence electrons. The highest BCUT2D eigenvalue weighted by molar-refractivity contribution is 4.80. The lowest BCUT2D eigenvalue weighted by Gasteiger charge is -2.33. The van der Waals surface area contributed by atoms with Crippen LogP contribution < -0.4 is 5.32 Å². The smallest absolute Gasteiger partial charge is 0.00952 e. The molecular weight excluding hydrogens is 170 g/mol. The zero-order valence-corrected chi connectivity index (χ0v) is 10.2. The maximum Gasteiger partial charge on any atom is 0.00952 e. The van der Waals surface area contributed by atoms with E-state index in [9.17, 15) is 0 Å². The van der Waals surface area contributed by atoms with Crippen molar-refractivity contribution in [3.63, 3.8) is 0 Å². The first-order valence-corrected chi connectivity index (χ1v) is 6.51. The van der Waals surface area contributed by atoms with Crippen LogP contribution in [0.2, 0.25) is 0 Å². The molecule has 1 aliphatic carbocycles. The molecule has 0 saturated heterocycles. The van der Waals surface area contributed by atoms with E-state index in [1.165, 1.54) is 38.5 Å². The quantitative estimate of drug-likeness (QED) is 0.657. The lowest BCUT2D eigenvalue weighted by molar-refractivity contribution is 0.224. The van der Waals surface area contributed by atoms with E-state index in [1.807, 2.05) is 0 Å². The minimum absolute atomic E-state index is 0.783. The minimum atomic E-state index is 0.783. The first-order chi connectivity index (χ1) is 6.77. The van der Waals surface area contributed by atoms with Crippen LogP contribution in [-0.4, -0.2) is 12.6 Å². The Morgan fingerprint density at radius 2 is 2.00 bits per heavy atom. The molecule has 0 aromatic rings. The third-order valence-electron chi connectivity index (χ3n) is 3.71. The average Bonchev–Trinajstić information content (AvgIpc) is 2.09. The van der Waals surface area contributed by atoms with Crippen molar-refractivity contribution in [2.24, 2.45) is 11.8 Å². The summed E-state index contributed by atoms with van der Waals surface area (Å²) in [4.78, 5) is 0. The van der Waals surface area contributed by atoms with Crippen molar-refractivity contribution >= 4 is 0 Å².